The van der Waals surface area contributed by atoms with Crippen molar-refractivity contribution in [3.8, 4) is 0 Å². The minimum absolute atomic E-state index is 0.0826. The van der Waals surface area contributed by atoms with Crippen molar-refractivity contribution < 1.29 is 17.9 Å². The zero-order chi connectivity index (χ0) is 17.3. The Bertz CT molecular complexity index is 914. The predicted molar refractivity (Wildman–Crippen MR) is 89.6 cm³/mol. The van der Waals surface area contributed by atoms with Crippen LogP contribution in [0.3, 0.4) is 0 Å². The molecule has 1 atom stereocenters. The van der Waals surface area contributed by atoms with Crippen LogP contribution in [-0.2, 0) is 9.84 Å². The normalized spacial score (nSPS) is 17.5. The van der Waals surface area contributed by atoms with Crippen LogP contribution in [0, 0.1) is 5.95 Å². The number of benzene rings is 1. The van der Waals surface area contributed by atoms with E-state index in [0.29, 0.717) is 0 Å². The number of rotatable bonds is 4. The van der Waals surface area contributed by atoms with Crippen molar-refractivity contribution >= 4 is 15.4 Å². The Hall–Kier alpha value is -2.31. The highest BCUT2D eigenvalue weighted by Gasteiger charge is 2.20. The van der Waals surface area contributed by atoms with Crippen LogP contribution < -0.4 is 0 Å². The molecule has 1 heterocycles. The topological polar surface area (TPSA) is 67.3 Å². The number of hydrogen-bond acceptors (Lipinski definition) is 4. The molecule has 0 aliphatic heterocycles. The Morgan fingerprint density at radius 1 is 1.12 bits per heavy atom. The van der Waals surface area contributed by atoms with Gasteiger partial charge in [-0.25, -0.2) is 13.4 Å². The maximum atomic E-state index is 13.0. The summed E-state index contributed by atoms with van der Waals surface area (Å²) in [5, 5.41) is 9.58. The standard InChI is InChI=1S/C18H16FNO3S/c1-24(22,23)16-5-2-12(3-6-16)14-8-15(11-21)17(9-14)13-4-7-18(19)20-10-13/h2-10,14,21H,11H2,1H3. The lowest BCUT2D eigenvalue weighted by atomic mass is 10.00. The van der Waals surface area contributed by atoms with Gasteiger partial charge in [-0.1, -0.05) is 24.3 Å². The third kappa shape index (κ3) is 3.29. The molecule has 1 aromatic carbocycles. The van der Waals surface area contributed by atoms with Crippen LogP contribution in [0.2, 0.25) is 0 Å². The van der Waals surface area contributed by atoms with Gasteiger partial charge in [0.15, 0.2) is 9.84 Å². The van der Waals surface area contributed by atoms with E-state index in [-0.39, 0.29) is 17.4 Å². The largest absolute Gasteiger partial charge is 0.392 e. The van der Waals surface area contributed by atoms with Gasteiger partial charge in [0.05, 0.1) is 11.5 Å². The SMILES string of the molecule is CS(=O)(=O)c1ccc(C2C=C(CO)C(c3ccc(F)nc3)=C2)cc1. The highest BCUT2D eigenvalue weighted by molar-refractivity contribution is 7.90. The van der Waals surface area contributed by atoms with Gasteiger partial charge in [-0.3, -0.25) is 0 Å². The van der Waals surface area contributed by atoms with Crippen molar-refractivity contribution in [2.45, 2.75) is 10.8 Å². The van der Waals surface area contributed by atoms with E-state index in [1.54, 1.807) is 30.3 Å². The number of halogens is 1. The van der Waals surface area contributed by atoms with Crippen LogP contribution >= 0.6 is 0 Å². The van der Waals surface area contributed by atoms with Crippen molar-refractivity contribution in [3.05, 3.63) is 77.4 Å². The van der Waals surface area contributed by atoms with Gasteiger partial charge in [0.25, 0.3) is 0 Å². The lowest BCUT2D eigenvalue weighted by Gasteiger charge is -2.07. The first-order valence-electron chi connectivity index (χ1n) is 7.34. The predicted octanol–water partition coefficient (Wildman–Crippen LogP) is 2.72. The van der Waals surface area contributed by atoms with E-state index in [1.165, 1.54) is 18.5 Å². The fourth-order valence-electron chi connectivity index (χ4n) is 2.73. The van der Waals surface area contributed by atoms with Gasteiger partial charge in [-0.05, 0) is 41.0 Å². The third-order valence-corrected chi connectivity index (χ3v) is 5.10. The second kappa shape index (κ2) is 6.30. The summed E-state index contributed by atoms with van der Waals surface area (Å²) in [7, 11) is -3.23. The number of sulfone groups is 1. The molecule has 6 heteroatoms. The maximum absolute atomic E-state index is 13.0. The molecule has 0 spiro atoms. The summed E-state index contributed by atoms with van der Waals surface area (Å²) in [4.78, 5) is 3.91. The molecule has 0 amide bonds. The summed E-state index contributed by atoms with van der Waals surface area (Å²) >= 11 is 0. The molecule has 0 saturated heterocycles. The molecular weight excluding hydrogens is 329 g/mol. The average Bonchev–Trinajstić information content (AvgIpc) is 2.99. The smallest absolute Gasteiger partial charge is 0.212 e. The zero-order valence-electron chi connectivity index (χ0n) is 13.0. The van der Waals surface area contributed by atoms with Crippen molar-refractivity contribution in [1.82, 2.24) is 4.98 Å². The van der Waals surface area contributed by atoms with E-state index in [9.17, 15) is 17.9 Å². The highest BCUT2D eigenvalue weighted by Crippen LogP contribution is 2.36. The number of aliphatic hydroxyl groups is 1. The Morgan fingerprint density at radius 2 is 1.83 bits per heavy atom. The summed E-state index contributed by atoms with van der Waals surface area (Å²) in [6, 6.07) is 9.56. The summed E-state index contributed by atoms with van der Waals surface area (Å²) in [5.74, 6) is -0.638. The lowest BCUT2D eigenvalue weighted by Crippen LogP contribution is -1.97. The molecule has 2 aromatic rings. The molecule has 1 aromatic heterocycles. The number of nitrogens with zero attached hydrogens (tertiary/aromatic N) is 1. The molecule has 124 valence electrons. The quantitative estimate of drug-likeness (QED) is 0.865. The minimum atomic E-state index is -3.23. The van der Waals surface area contributed by atoms with E-state index in [1.807, 2.05) is 12.2 Å². The first kappa shape index (κ1) is 16.5. The van der Waals surface area contributed by atoms with Crippen LogP contribution in [0.25, 0.3) is 5.57 Å². The van der Waals surface area contributed by atoms with Crippen molar-refractivity contribution in [1.29, 1.82) is 0 Å². The first-order chi connectivity index (χ1) is 11.4. The highest BCUT2D eigenvalue weighted by atomic mass is 32.2. The summed E-state index contributed by atoms with van der Waals surface area (Å²) in [5.41, 5.74) is 3.19. The van der Waals surface area contributed by atoms with E-state index in [2.05, 4.69) is 4.98 Å². The van der Waals surface area contributed by atoms with Gasteiger partial charge in [0.2, 0.25) is 5.95 Å². The van der Waals surface area contributed by atoms with Crippen molar-refractivity contribution in [2.75, 3.05) is 12.9 Å². The van der Waals surface area contributed by atoms with Gasteiger partial charge in [0.1, 0.15) is 0 Å². The fourth-order valence-corrected chi connectivity index (χ4v) is 3.36. The van der Waals surface area contributed by atoms with E-state index < -0.39 is 15.8 Å². The molecule has 1 aliphatic carbocycles. The molecule has 1 unspecified atom stereocenters. The first-order valence-corrected chi connectivity index (χ1v) is 9.23. The molecule has 1 aliphatic rings. The summed E-state index contributed by atoms with van der Waals surface area (Å²) in [6.45, 7) is -0.138. The van der Waals surface area contributed by atoms with E-state index in [4.69, 9.17) is 0 Å². The second-order valence-corrected chi connectivity index (χ2v) is 7.68. The number of pyridine rings is 1. The van der Waals surface area contributed by atoms with Gasteiger partial charge < -0.3 is 5.11 Å². The Balaban J connectivity index is 1.95. The van der Waals surface area contributed by atoms with E-state index >= 15 is 0 Å². The van der Waals surface area contributed by atoms with Gasteiger partial charge in [-0.15, -0.1) is 0 Å². The van der Waals surface area contributed by atoms with Crippen LogP contribution in [0.1, 0.15) is 17.0 Å². The van der Waals surface area contributed by atoms with Crippen molar-refractivity contribution in [3.63, 3.8) is 0 Å². The van der Waals surface area contributed by atoms with Crippen molar-refractivity contribution in [2.24, 2.45) is 0 Å². The molecular formula is C18H16FNO3S. The molecule has 3 rings (SSSR count). The Labute approximate surface area is 139 Å². The Kier molecular flexibility index (Phi) is 4.34. The van der Waals surface area contributed by atoms with E-state index in [0.717, 1.165) is 22.3 Å². The maximum Gasteiger partial charge on any atom is 0.212 e. The van der Waals surface area contributed by atoms with Gasteiger partial charge in [-0.2, -0.15) is 4.39 Å². The molecule has 4 nitrogen and oxygen atoms in total. The lowest BCUT2D eigenvalue weighted by molar-refractivity contribution is 0.336. The Morgan fingerprint density at radius 3 is 2.38 bits per heavy atom. The minimum Gasteiger partial charge on any atom is -0.392 e. The van der Waals surface area contributed by atoms with Crippen LogP contribution in [0.5, 0.6) is 0 Å². The monoisotopic (exact) mass is 345 g/mol. The van der Waals surface area contributed by atoms with Crippen LogP contribution in [0.4, 0.5) is 4.39 Å². The van der Waals surface area contributed by atoms with Crippen LogP contribution in [0.15, 0.2) is 65.2 Å². The van der Waals surface area contributed by atoms with Gasteiger partial charge in [0, 0.05) is 23.9 Å². The molecule has 0 radical (unpaired) electrons. The van der Waals surface area contributed by atoms with Gasteiger partial charge >= 0.3 is 0 Å². The number of allylic oxidation sites excluding steroid dienone is 2. The summed E-state index contributed by atoms with van der Waals surface area (Å²) < 4.78 is 36.1. The zero-order valence-corrected chi connectivity index (χ0v) is 13.8. The van der Waals surface area contributed by atoms with Crippen LogP contribution in [-0.4, -0.2) is 31.4 Å². The second-order valence-electron chi connectivity index (χ2n) is 5.67. The molecule has 0 saturated carbocycles. The molecule has 0 bridgehead atoms. The summed E-state index contributed by atoms with van der Waals surface area (Å²) in [6.07, 6.45) is 6.46. The fraction of sp³-hybridized carbons (Fsp3) is 0.167. The average molecular weight is 345 g/mol. The number of aromatic nitrogens is 1. The molecule has 24 heavy (non-hydrogen) atoms. The molecule has 1 N–H and O–H groups in total. The molecule has 0 fully saturated rings. The number of aliphatic hydroxyl groups excluding tert-OH is 1. The number of hydrogen-bond donors (Lipinski definition) is 1. The third-order valence-electron chi connectivity index (χ3n) is 3.97.